The lowest BCUT2D eigenvalue weighted by Gasteiger charge is -2.28. The Balaban J connectivity index is 2.02. The van der Waals surface area contributed by atoms with E-state index < -0.39 is 15.8 Å². The summed E-state index contributed by atoms with van der Waals surface area (Å²) in [6.07, 6.45) is 2.83. The van der Waals surface area contributed by atoms with Crippen LogP contribution in [0.15, 0.2) is 71.3 Å². The molecule has 2 aliphatic rings. The molecule has 126 valence electrons. The van der Waals surface area contributed by atoms with Crippen molar-refractivity contribution >= 4 is 21.8 Å². The third kappa shape index (κ3) is 2.61. The number of carbonyl (C=O) groups is 1. The molecule has 2 heterocycles. The van der Waals surface area contributed by atoms with E-state index in [1.165, 1.54) is 0 Å². The highest BCUT2D eigenvalue weighted by Gasteiger charge is 2.38. The molecule has 4 rings (SSSR count). The highest BCUT2D eigenvalue weighted by atomic mass is 32.2. The van der Waals surface area contributed by atoms with E-state index >= 15 is 0 Å². The molecule has 2 aromatic rings. The summed E-state index contributed by atoms with van der Waals surface area (Å²) in [4.78, 5) is 11.9. The summed E-state index contributed by atoms with van der Waals surface area (Å²) in [7, 11) is -3.51. The van der Waals surface area contributed by atoms with Gasteiger partial charge in [-0.05, 0) is 17.5 Å². The largest absolute Gasteiger partial charge is 0.360 e. The normalized spacial score (nSPS) is 21.3. The van der Waals surface area contributed by atoms with Crippen LogP contribution in [0.4, 0.5) is 0 Å². The molecule has 0 fully saturated rings. The second-order valence-electron chi connectivity index (χ2n) is 6.22. The minimum atomic E-state index is -3.51. The third-order valence-electron chi connectivity index (χ3n) is 4.76. The van der Waals surface area contributed by atoms with Crippen molar-refractivity contribution in [2.45, 2.75) is 12.3 Å². The van der Waals surface area contributed by atoms with E-state index in [-0.39, 0.29) is 5.75 Å². The molecule has 5 heteroatoms. The Labute approximate surface area is 146 Å². The van der Waals surface area contributed by atoms with E-state index in [1.807, 2.05) is 54.6 Å². The predicted molar refractivity (Wildman–Crippen MR) is 97.3 cm³/mol. The fourth-order valence-electron chi connectivity index (χ4n) is 3.58. The number of rotatable bonds is 2. The van der Waals surface area contributed by atoms with Gasteiger partial charge in [0.05, 0.1) is 22.3 Å². The van der Waals surface area contributed by atoms with Crippen molar-refractivity contribution in [1.29, 1.82) is 0 Å². The van der Waals surface area contributed by atoms with Crippen LogP contribution in [-0.4, -0.2) is 20.5 Å². The van der Waals surface area contributed by atoms with Gasteiger partial charge in [-0.3, -0.25) is 4.79 Å². The lowest BCUT2D eigenvalue weighted by Crippen LogP contribution is -2.26. The molecule has 0 spiro atoms. The Kier molecular flexibility index (Phi) is 3.81. The molecule has 25 heavy (non-hydrogen) atoms. The standard InChI is InChI=1S/C20H17NO3S/c22-13-16-12-21-19-17-9-5-4-6-14(17)10-11-25(23,24)20(19)18(16)15-7-2-1-3-8-15/h1-9,12-13,18,21H,10-11H2. The van der Waals surface area contributed by atoms with Crippen LogP contribution in [0, 0.1) is 0 Å². The molecule has 0 radical (unpaired) electrons. The van der Waals surface area contributed by atoms with Gasteiger partial charge in [-0.25, -0.2) is 8.42 Å². The Hall–Kier alpha value is -2.66. The Morgan fingerprint density at radius 1 is 1.00 bits per heavy atom. The van der Waals surface area contributed by atoms with Gasteiger partial charge >= 0.3 is 0 Å². The number of benzene rings is 2. The van der Waals surface area contributed by atoms with Crippen LogP contribution in [0.3, 0.4) is 0 Å². The van der Waals surface area contributed by atoms with Crippen molar-refractivity contribution in [3.05, 3.63) is 88.0 Å². The van der Waals surface area contributed by atoms with Gasteiger partial charge in [-0.2, -0.15) is 0 Å². The quantitative estimate of drug-likeness (QED) is 0.845. The SMILES string of the molecule is O=CC1=CNC2=C(C1c1ccccc1)S(=O)(=O)CCc1ccccc12. The molecule has 2 aromatic carbocycles. The third-order valence-corrected chi connectivity index (χ3v) is 6.61. The minimum Gasteiger partial charge on any atom is -0.360 e. The summed E-state index contributed by atoms with van der Waals surface area (Å²) >= 11 is 0. The molecule has 0 saturated carbocycles. The average molecular weight is 351 g/mol. The van der Waals surface area contributed by atoms with Crippen LogP contribution in [0.5, 0.6) is 0 Å². The molecule has 0 bridgehead atoms. The topological polar surface area (TPSA) is 63.2 Å². The van der Waals surface area contributed by atoms with Crippen LogP contribution < -0.4 is 5.32 Å². The maximum absolute atomic E-state index is 13.1. The van der Waals surface area contributed by atoms with Crippen molar-refractivity contribution in [2.75, 3.05) is 5.75 Å². The van der Waals surface area contributed by atoms with Crippen molar-refractivity contribution in [2.24, 2.45) is 0 Å². The second-order valence-corrected chi connectivity index (χ2v) is 8.29. The minimum absolute atomic E-state index is 0.0417. The number of allylic oxidation sites excluding steroid dienone is 2. The van der Waals surface area contributed by atoms with Gasteiger partial charge in [-0.1, -0.05) is 54.6 Å². The maximum Gasteiger partial charge on any atom is 0.177 e. The van der Waals surface area contributed by atoms with Crippen molar-refractivity contribution < 1.29 is 13.2 Å². The first-order valence-corrected chi connectivity index (χ1v) is 9.79. The summed E-state index contributed by atoms with van der Waals surface area (Å²) < 4.78 is 26.2. The van der Waals surface area contributed by atoms with Crippen LogP contribution in [-0.2, 0) is 21.1 Å². The lowest BCUT2D eigenvalue weighted by atomic mass is 9.87. The first-order chi connectivity index (χ1) is 12.1. The van der Waals surface area contributed by atoms with Gasteiger partial charge in [0.1, 0.15) is 6.29 Å². The summed E-state index contributed by atoms with van der Waals surface area (Å²) in [5.74, 6) is -0.536. The summed E-state index contributed by atoms with van der Waals surface area (Å²) in [6, 6.07) is 17.0. The molecule has 1 N–H and O–H groups in total. The number of hydrogen-bond donors (Lipinski definition) is 1. The van der Waals surface area contributed by atoms with Crippen molar-refractivity contribution in [3.8, 4) is 0 Å². The number of dihydropyridines is 1. The molecule has 0 amide bonds. The van der Waals surface area contributed by atoms with E-state index in [0.717, 1.165) is 23.0 Å². The van der Waals surface area contributed by atoms with E-state index in [1.54, 1.807) is 6.20 Å². The molecule has 0 saturated heterocycles. The van der Waals surface area contributed by atoms with Gasteiger partial charge < -0.3 is 5.32 Å². The molecule has 0 aliphatic carbocycles. The van der Waals surface area contributed by atoms with E-state index in [9.17, 15) is 13.2 Å². The van der Waals surface area contributed by atoms with Crippen LogP contribution in [0.2, 0.25) is 0 Å². The second kappa shape index (κ2) is 6.01. The first-order valence-electron chi connectivity index (χ1n) is 8.14. The summed E-state index contributed by atoms with van der Waals surface area (Å²) in [5, 5.41) is 3.08. The summed E-state index contributed by atoms with van der Waals surface area (Å²) in [5.41, 5.74) is 3.71. The molecule has 1 atom stereocenters. The molecule has 4 nitrogen and oxygen atoms in total. The number of aryl methyl sites for hydroxylation is 1. The number of fused-ring (bicyclic) bond motifs is 2. The average Bonchev–Trinajstić information content (AvgIpc) is 2.77. The Morgan fingerprint density at radius 2 is 1.72 bits per heavy atom. The Bertz CT molecular complexity index is 1000. The van der Waals surface area contributed by atoms with Crippen LogP contribution in [0.25, 0.3) is 5.70 Å². The highest BCUT2D eigenvalue weighted by molar-refractivity contribution is 7.95. The highest BCUT2D eigenvalue weighted by Crippen LogP contribution is 2.43. The van der Waals surface area contributed by atoms with Crippen molar-refractivity contribution in [3.63, 3.8) is 0 Å². The number of sulfone groups is 1. The zero-order valence-electron chi connectivity index (χ0n) is 13.5. The van der Waals surface area contributed by atoms with Gasteiger partial charge in [0.25, 0.3) is 0 Å². The summed E-state index contributed by atoms with van der Waals surface area (Å²) in [6.45, 7) is 0. The smallest absolute Gasteiger partial charge is 0.177 e. The number of nitrogens with one attached hydrogen (secondary N) is 1. The van der Waals surface area contributed by atoms with Crippen molar-refractivity contribution in [1.82, 2.24) is 5.32 Å². The van der Waals surface area contributed by atoms with E-state index in [2.05, 4.69) is 5.32 Å². The van der Waals surface area contributed by atoms with Crippen LogP contribution >= 0.6 is 0 Å². The molecule has 0 aromatic heterocycles. The van der Waals surface area contributed by atoms with Gasteiger partial charge in [-0.15, -0.1) is 0 Å². The molecule has 1 unspecified atom stereocenters. The number of hydrogen-bond acceptors (Lipinski definition) is 4. The van der Waals surface area contributed by atoms with E-state index in [0.29, 0.717) is 22.6 Å². The van der Waals surface area contributed by atoms with Gasteiger partial charge in [0, 0.05) is 17.3 Å². The predicted octanol–water partition coefficient (Wildman–Crippen LogP) is 2.80. The molecule has 2 aliphatic heterocycles. The zero-order valence-corrected chi connectivity index (χ0v) is 14.3. The number of aldehydes is 1. The van der Waals surface area contributed by atoms with Gasteiger partial charge in [0.15, 0.2) is 9.84 Å². The van der Waals surface area contributed by atoms with Gasteiger partial charge in [0.2, 0.25) is 0 Å². The monoisotopic (exact) mass is 351 g/mol. The zero-order chi connectivity index (χ0) is 17.4. The fraction of sp³-hybridized carbons (Fsp3) is 0.150. The molecular weight excluding hydrogens is 334 g/mol. The Morgan fingerprint density at radius 3 is 2.48 bits per heavy atom. The van der Waals surface area contributed by atoms with E-state index in [4.69, 9.17) is 0 Å². The maximum atomic E-state index is 13.1. The molecular formula is C20H17NO3S. The first kappa shape index (κ1) is 15.8. The number of carbonyl (C=O) groups excluding carboxylic acids is 1. The lowest BCUT2D eigenvalue weighted by molar-refractivity contribution is -0.105. The fourth-order valence-corrected chi connectivity index (χ4v) is 5.40. The van der Waals surface area contributed by atoms with Crippen LogP contribution in [0.1, 0.15) is 22.6 Å².